The molecule has 2 saturated carbocycles. The Hall–Kier alpha value is -3.82. The molecule has 0 bridgehead atoms. The summed E-state index contributed by atoms with van der Waals surface area (Å²) < 4.78 is 13.8. The second kappa shape index (κ2) is 10.7. The minimum Gasteiger partial charge on any atom is -0.396 e. The molecule has 1 aromatic carbocycles. The molecule has 3 heterocycles. The van der Waals surface area contributed by atoms with E-state index in [1.807, 2.05) is 37.4 Å². The van der Waals surface area contributed by atoms with Crippen LogP contribution >= 0.6 is 0 Å². The van der Waals surface area contributed by atoms with Crippen molar-refractivity contribution in [1.29, 1.82) is 0 Å². The van der Waals surface area contributed by atoms with Crippen molar-refractivity contribution in [3.8, 4) is 11.1 Å². The van der Waals surface area contributed by atoms with Crippen molar-refractivity contribution in [1.82, 2.24) is 20.5 Å². The van der Waals surface area contributed by atoms with Crippen molar-refractivity contribution in [2.75, 3.05) is 25.1 Å². The number of aliphatic hydroxyl groups excluding tert-OH is 2. The first-order valence-electron chi connectivity index (χ1n) is 15.3. The Morgan fingerprint density at radius 2 is 2.00 bits per heavy atom. The van der Waals surface area contributed by atoms with E-state index in [0.29, 0.717) is 23.8 Å². The van der Waals surface area contributed by atoms with Gasteiger partial charge in [0.05, 0.1) is 18.4 Å². The maximum Gasteiger partial charge on any atom is 0.269 e. The predicted molar refractivity (Wildman–Crippen MR) is 163 cm³/mol. The molecule has 43 heavy (non-hydrogen) atoms. The van der Waals surface area contributed by atoms with Crippen molar-refractivity contribution in [3.05, 3.63) is 82.7 Å². The van der Waals surface area contributed by atoms with E-state index >= 15 is 0 Å². The van der Waals surface area contributed by atoms with Gasteiger partial charge in [0.1, 0.15) is 11.5 Å². The average molecular weight is 584 g/mol. The smallest absolute Gasteiger partial charge is 0.269 e. The lowest BCUT2D eigenvalue weighted by Gasteiger charge is -2.45. The molecule has 3 aromatic rings. The van der Waals surface area contributed by atoms with Gasteiger partial charge in [-0.1, -0.05) is 37.1 Å². The van der Waals surface area contributed by atoms with Gasteiger partial charge in [-0.15, -0.1) is 0 Å². The third-order valence-electron chi connectivity index (χ3n) is 10.2. The number of carbonyl (C=O) groups is 1. The molecule has 2 atom stereocenters. The molecular formula is C34H38FN5O3. The van der Waals surface area contributed by atoms with E-state index in [-0.39, 0.29) is 35.1 Å². The molecule has 9 heteroatoms. The maximum atomic E-state index is 13.8. The van der Waals surface area contributed by atoms with Crippen molar-refractivity contribution in [3.63, 3.8) is 0 Å². The molecule has 3 aliphatic carbocycles. The van der Waals surface area contributed by atoms with E-state index in [0.717, 1.165) is 66.5 Å². The van der Waals surface area contributed by atoms with Crippen LogP contribution in [0.25, 0.3) is 17.2 Å². The Morgan fingerprint density at radius 1 is 1.19 bits per heavy atom. The van der Waals surface area contributed by atoms with Crippen LogP contribution < -0.4 is 10.2 Å². The number of rotatable bonds is 7. The van der Waals surface area contributed by atoms with E-state index in [4.69, 9.17) is 0 Å². The first-order chi connectivity index (χ1) is 20.8. The third-order valence-corrected chi connectivity index (χ3v) is 10.2. The molecule has 0 saturated heterocycles. The molecule has 7 rings (SSSR count). The van der Waals surface area contributed by atoms with E-state index in [2.05, 4.69) is 25.4 Å². The number of carbonyl (C=O) groups excluding carboxylic acids is 1. The lowest BCUT2D eigenvalue weighted by atomic mass is 9.66. The Kier molecular flexibility index (Phi) is 6.97. The van der Waals surface area contributed by atoms with Gasteiger partial charge in [-0.2, -0.15) is 5.10 Å². The molecule has 0 radical (unpaired) electrons. The second-order valence-corrected chi connectivity index (χ2v) is 13.1. The number of allylic oxidation sites excluding steroid dienone is 2. The van der Waals surface area contributed by atoms with Crippen LogP contribution in [0, 0.1) is 16.6 Å². The minimum absolute atomic E-state index is 0.0532. The summed E-state index contributed by atoms with van der Waals surface area (Å²) in [6.45, 7) is 0.463. The van der Waals surface area contributed by atoms with Crippen LogP contribution in [0.2, 0.25) is 0 Å². The van der Waals surface area contributed by atoms with Crippen molar-refractivity contribution >= 4 is 17.8 Å². The number of halogens is 1. The van der Waals surface area contributed by atoms with Crippen molar-refractivity contribution in [2.45, 2.75) is 63.4 Å². The summed E-state index contributed by atoms with van der Waals surface area (Å²) in [4.78, 5) is 20.2. The lowest BCUT2D eigenvalue weighted by Crippen LogP contribution is -2.41. The summed E-state index contributed by atoms with van der Waals surface area (Å²) in [5, 5.41) is 32.1. The molecule has 1 aliphatic heterocycles. The zero-order chi connectivity index (χ0) is 29.8. The third kappa shape index (κ3) is 5.08. The molecule has 2 fully saturated rings. The van der Waals surface area contributed by atoms with Crippen LogP contribution in [0.5, 0.6) is 0 Å². The van der Waals surface area contributed by atoms with Gasteiger partial charge in [0.15, 0.2) is 5.82 Å². The normalized spacial score (nSPS) is 23.5. The molecule has 8 nitrogen and oxygen atoms in total. The Balaban J connectivity index is 1.24. The summed E-state index contributed by atoms with van der Waals surface area (Å²) in [6.07, 6.45) is 13.0. The van der Waals surface area contributed by atoms with E-state index < -0.39 is 6.10 Å². The summed E-state index contributed by atoms with van der Waals surface area (Å²) in [7, 11) is 1.98. The summed E-state index contributed by atoms with van der Waals surface area (Å²) in [5.74, 6) is -0.234. The molecule has 4 aliphatic rings. The van der Waals surface area contributed by atoms with Crippen molar-refractivity contribution in [2.24, 2.45) is 10.8 Å². The highest BCUT2D eigenvalue weighted by Gasteiger charge is 2.48. The predicted octanol–water partition coefficient (Wildman–Crippen LogP) is 5.33. The number of aliphatic hydroxyl groups is 2. The van der Waals surface area contributed by atoms with Gasteiger partial charge >= 0.3 is 0 Å². The molecular weight excluding hydrogens is 545 g/mol. The number of anilines is 1. The standard InChI is InChI=1S/C34H38FN5O3/c1-40-26-16-33(11-2-3-12-33)17-27(42)28(26)25(10-9-24-8-7-22(18-36-24)21-5-4-6-23(35)15-21)29-30(38-39-31(29)40)32(43)37-19-34(20-41)13-14-34/h4-10,15,18,25,27,41-42H,2-3,11-14,16-17,19-20H2,1H3,(H,37,43)(H,38,39). The van der Waals surface area contributed by atoms with E-state index in [1.165, 1.54) is 25.0 Å². The van der Waals surface area contributed by atoms with Gasteiger partial charge < -0.3 is 20.4 Å². The zero-order valence-electron chi connectivity index (χ0n) is 24.4. The number of nitrogens with zero attached hydrogens (tertiary/aromatic N) is 3. The number of hydrogen-bond donors (Lipinski definition) is 4. The highest BCUT2D eigenvalue weighted by molar-refractivity contribution is 5.96. The number of aromatic nitrogens is 3. The molecule has 1 spiro atoms. The van der Waals surface area contributed by atoms with Gasteiger partial charge in [0.2, 0.25) is 0 Å². The Labute approximate surface area is 250 Å². The second-order valence-electron chi connectivity index (χ2n) is 13.1. The minimum atomic E-state index is -0.634. The largest absolute Gasteiger partial charge is 0.396 e. The number of pyridine rings is 1. The Morgan fingerprint density at radius 3 is 2.70 bits per heavy atom. The molecule has 2 aromatic heterocycles. The van der Waals surface area contributed by atoms with Crippen LogP contribution in [0.1, 0.15) is 79.0 Å². The number of nitrogens with one attached hydrogen (secondary N) is 2. The van der Waals surface area contributed by atoms with E-state index in [9.17, 15) is 19.4 Å². The number of benzene rings is 1. The van der Waals surface area contributed by atoms with Crippen LogP contribution in [0.4, 0.5) is 10.2 Å². The first-order valence-corrected chi connectivity index (χ1v) is 15.3. The van der Waals surface area contributed by atoms with Crippen molar-refractivity contribution < 1.29 is 19.4 Å². The monoisotopic (exact) mass is 583 g/mol. The molecule has 1 amide bonds. The van der Waals surface area contributed by atoms with Gasteiger partial charge in [0, 0.05) is 47.9 Å². The van der Waals surface area contributed by atoms with Crippen LogP contribution in [-0.2, 0) is 0 Å². The summed E-state index contributed by atoms with van der Waals surface area (Å²) in [5.41, 5.74) is 5.30. The fraction of sp³-hybridized carbons (Fsp3) is 0.441. The molecule has 2 unspecified atom stereocenters. The fourth-order valence-corrected chi connectivity index (χ4v) is 7.46. The van der Waals surface area contributed by atoms with E-state index in [1.54, 1.807) is 12.3 Å². The highest BCUT2D eigenvalue weighted by atomic mass is 19.1. The summed E-state index contributed by atoms with van der Waals surface area (Å²) >= 11 is 0. The maximum absolute atomic E-state index is 13.8. The first kappa shape index (κ1) is 28.0. The number of H-pyrrole nitrogens is 1. The number of hydrogen-bond acceptors (Lipinski definition) is 6. The number of fused-ring (bicyclic) bond motifs is 1. The molecule has 224 valence electrons. The van der Waals surface area contributed by atoms with Crippen LogP contribution in [-0.4, -0.2) is 57.6 Å². The highest BCUT2D eigenvalue weighted by Crippen LogP contribution is 2.56. The van der Waals surface area contributed by atoms with Gasteiger partial charge in [0.25, 0.3) is 5.91 Å². The number of amides is 1. The van der Waals surface area contributed by atoms with Gasteiger partial charge in [-0.25, -0.2) is 4.39 Å². The topological polar surface area (TPSA) is 114 Å². The van der Waals surface area contributed by atoms with Crippen LogP contribution in [0.3, 0.4) is 0 Å². The average Bonchev–Trinajstić information content (AvgIpc) is 3.43. The van der Waals surface area contributed by atoms with Gasteiger partial charge in [-0.05, 0) is 79.4 Å². The fourth-order valence-electron chi connectivity index (χ4n) is 7.46. The van der Waals surface area contributed by atoms with Gasteiger partial charge in [-0.3, -0.25) is 14.9 Å². The summed E-state index contributed by atoms with van der Waals surface area (Å²) in [6, 6.07) is 10.2. The van der Waals surface area contributed by atoms with Crippen LogP contribution in [0.15, 0.2) is 59.9 Å². The molecule has 4 N–H and O–H groups in total. The quantitative estimate of drug-likeness (QED) is 0.299. The Bertz CT molecular complexity index is 1600. The zero-order valence-corrected chi connectivity index (χ0v) is 24.4. The lowest BCUT2D eigenvalue weighted by molar-refractivity contribution is 0.0925. The SMILES string of the molecule is CN1C2=C(C(O)CC3(CCCC3)C2)C(C=Cc2ccc(-c3cccc(F)c3)cn2)c2c1n[nH]c2C(=O)NCC1(CO)CC1. The number of aromatic amines is 1.